The summed E-state index contributed by atoms with van der Waals surface area (Å²) < 4.78 is 32.5. The molecule has 0 spiro atoms. The number of aliphatic carboxylic acids is 1. The van der Waals surface area contributed by atoms with Gasteiger partial charge in [-0.2, -0.15) is 4.72 Å². The van der Waals surface area contributed by atoms with Gasteiger partial charge in [0.2, 0.25) is 10.0 Å². The Labute approximate surface area is 132 Å². The van der Waals surface area contributed by atoms with Crippen LogP contribution in [-0.4, -0.2) is 32.1 Å². The highest BCUT2D eigenvalue weighted by Crippen LogP contribution is 2.28. The summed E-state index contributed by atoms with van der Waals surface area (Å²) in [6.07, 6.45) is 0. The van der Waals surface area contributed by atoms with E-state index in [4.69, 9.17) is 9.84 Å². The molecule has 21 heavy (non-hydrogen) atoms. The van der Waals surface area contributed by atoms with E-state index in [9.17, 15) is 13.2 Å². The molecule has 1 aromatic carbocycles. The Hall–Kier alpha value is -1.12. The van der Waals surface area contributed by atoms with Gasteiger partial charge in [0.05, 0.1) is 16.0 Å². The second kappa shape index (κ2) is 7.24. The first kappa shape index (κ1) is 17.9. The molecule has 2 N–H and O–H groups in total. The molecule has 8 heteroatoms. The molecule has 0 aliphatic carbocycles. The van der Waals surface area contributed by atoms with Crippen LogP contribution < -0.4 is 9.46 Å². The smallest absolute Gasteiger partial charge is 0.322 e. The van der Waals surface area contributed by atoms with Crippen LogP contribution in [0.3, 0.4) is 0 Å². The van der Waals surface area contributed by atoms with Crippen molar-refractivity contribution < 1.29 is 23.1 Å². The lowest BCUT2D eigenvalue weighted by molar-refractivity contribution is -0.140. The molecule has 0 unspecified atom stereocenters. The maximum Gasteiger partial charge on any atom is 0.322 e. The third-order valence-electron chi connectivity index (χ3n) is 2.73. The number of carbonyl (C=O) groups is 1. The molecule has 1 atom stereocenters. The molecule has 0 fully saturated rings. The summed E-state index contributed by atoms with van der Waals surface area (Å²) in [7, 11) is -3.92. The van der Waals surface area contributed by atoms with Crippen LogP contribution in [0.2, 0.25) is 0 Å². The lowest BCUT2D eigenvalue weighted by atomic mass is 10.1. The lowest BCUT2D eigenvalue weighted by Gasteiger charge is -2.18. The summed E-state index contributed by atoms with van der Waals surface area (Å²) >= 11 is 3.23. The summed E-state index contributed by atoms with van der Waals surface area (Å²) in [5.41, 5.74) is 0. The molecule has 0 saturated carbocycles. The number of ether oxygens (including phenoxy) is 1. The van der Waals surface area contributed by atoms with Crippen molar-refractivity contribution >= 4 is 31.9 Å². The van der Waals surface area contributed by atoms with E-state index in [1.165, 1.54) is 18.2 Å². The zero-order chi connectivity index (χ0) is 16.2. The fourth-order valence-electron chi connectivity index (χ4n) is 1.63. The van der Waals surface area contributed by atoms with Gasteiger partial charge < -0.3 is 9.84 Å². The molecule has 0 saturated heterocycles. The van der Waals surface area contributed by atoms with E-state index in [-0.39, 0.29) is 10.8 Å². The van der Waals surface area contributed by atoms with E-state index in [0.717, 1.165) is 0 Å². The van der Waals surface area contributed by atoms with Crippen molar-refractivity contribution in [2.45, 2.75) is 31.7 Å². The van der Waals surface area contributed by atoms with Crippen molar-refractivity contribution in [1.29, 1.82) is 0 Å². The zero-order valence-corrected chi connectivity index (χ0v) is 14.4. The lowest BCUT2D eigenvalue weighted by Crippen LogP contribution is -2.44. The van der Waals surface area contributed by atoms with Crippen molar-refractivity contribution in [3.63, 3.8) is 0 Å². The molecular formula is C13H18BrNO5S. The van der Waals surface area contributed by atoms with Crippen molar-refractivity contribution in [3.05, 3.63) is 22.7 Å². The van der Waals surface area contributed by atoms with Gasteiger partial charge in [-0.25, -0.2) is 8.42 Å². The Kier molecular flexibility index (Phi) is 6.18. The Morgan fingerprint density at radius 3 is 2.48 bits per heavy atom. The number of hydrogen-bond donors (Lipinski definition) is 2. The number of hydrogen-bond acceptors (Lipinski definition) is 4. The SMILES string of the molecule is CCOc1ccc(S(=O)(=O)N[C@H](C(=O)O)C(C)C)cc1Br. The van der Waals surface area contributed by atoms with Crippen LogP contribution in [0.5, 0.6) is 5.75 Å². The van der Waals surface area contributed by atoms with Crippen LogP contribution >= 0.6 is 15.9 Å². The summed E-state index contributed by atoms with van der Waals surface area (Å²) in [5.74, 6) is -1.06. The van der Waals surface area contributed by atoms with Crippen molar-refractivity contribution in [2.75, 3.05) is 6.61 Å². The number of sulfonamides is 1. The topological polar surface area (TPSA) is 92.7 Å². The first-order chi connectivity index (χ1) is 9.69. The predicted molar refractivity (Wildman–Crippen MR) is 81.9 cm³/mol. The summed E-state index contributed by atoms with van der Waals surface area (Å²) in [6, 6.07) is 3.09. The predicted octanol–water partition coefficient (Wildman–Crippen LogP) is 2.24. The largest absolute Gasteiger partial charge is 0.493 e. The second-order valence-corrected chi connectivity index (χ2v) is 7.27. The summed E-state index contributed by atoms with van der Waals surface area (Å²) in [5, 5.41) is 9.07. The molecular weight excluding hydrogens is 362 g/mol. The molecule has 1 rings (SSSR count). The monoisotopic (exact) mass is 379 g/mol. The quantitative estimate of drug-likeness (QED) is 0.757. The van der Waals surface area contributed by atoms with E-state index in [0.29, 0.717) is 16.8 Å². The van der Waals surface area contributed by atoms with Crippen LogP contribution in [0.25, 0.3) is 0 Å². The standard InChI is InChI=1S/C13H18BrNO5S/c1-4-20-11-6-5-9(7-10(11)14)21(18,19)15-12(8(2)3)13(16)17/h5-8,12,15H,4H2,1-3H3,(H,16,17)/t12-/m0/s1. The minimum atomic E-state index is -3.92. The van der Waals surface area contributed by atoms with Crippen molar-refractivity contribution in [2.24, 2.45) is 5.92 Å². The third kappa shape index (κ3) is 4.69. The molecule has 0 aromatic heterocycles. The van der Waals surface area contributed by atoms with E-state index >= 15 is 0 Å². The molecule has 0 radical (unpaired) electrons. The van der Waals surface area contributed by atoms with E-state index < -0.39 is 22.0 Å². The van der Waals surface area contributed by atoms with Gasteiger partial charge >= 0.3 is 5.97 Å². The van der Waals surface area contributed by atoms with Gasteiger partial charge in [0.15, 0.2) is 0 Å². The van der Waals surface area contributed by atoms with Gasteiger partial charge in [-0.3, -0.25) is 4.79 Å². The molecule has 0 aliphatic heterocycles. The van der Waals surface area contributed by atoms with Crippen LogP contribution in [0.1, 0.15) is 20.8 Å². The molecule has 0 amide bonds. The first-order valence-electron chi connectivity index (χ1n) is 6.36. The molecule has 0 aliphatic rings. The molecule has 1 aromatic rings. The van der Waals surface area contributed by atoms with Crippen LogP contribution in [0.15, 0.2) is 27.6 Å². The third-order valence-corrected chi connectivity index (χ3v) is 4.79. The number of benzene rings is 1. The second-order valence-electron chi connectivity index (χ2n) is 4.71. The molecule has 118 valence electrons. The number of halogens is 1. The summed E-state index contributed by atoms with van der Waals surface area (Å²) in [4.78, 5) is 11.1. The molecule has 0 bridgehead atoms. The van der Waals surface area contributed by atoms with E-state index in [2.05, 4.69) is 20.7 Å². The van der Waals surface area contributed by atoms with E-state index in [1.807, 2.05) is 6.92 Å². The van der Waals surface area contributed by atoms with Gasteiger partial charge in [-0.05, 0) is 47.0 Å². The maximum absolute atomic E-state index is 12.2. The van der Waals surface area contributed by atoms with Gasteiger partial charge in [-0.1, -0.05) is 13.8 Å². The number of nitrogens with one attached hydrogen (secondary N) is 1. The highest BCUT2D eigenvalue weighted by atomic mass is 79.9. The van der Waals surface area contributed by atoms with Crippen LogP contribution in [0.4, 0.5) is 0 Å². The Morgan fingerprint density at radius 2 is 2.05 bits per heavy atom. The normalized spacial score (nSPS) is 13.2. The van der Waals surface area contributed by atoms with Crippen LogP contribution in [0, 0.1) is 5.92 Å². The highest BCUT2D eigenvalue weighted by molar-refractivity contribution is 9.10. The Morgan fingerprint density at radius 1 is 1.43 bits per heavy atom. The maximum atomic E-state index is 12.2. The fourth-order valence-corrected chi connectivity index (χ4v) is 3.64. The Bertz CT molecular complexity index is 615. The zero-order valence-electron chi connectivity index (χ0n) is 12.0. The van der Waals surface area contributed by atoms with Gasteiger partial charge in [0, 0.05) is 0 Å². The first-order valence-corrected chi connectivity index (χ1v) is 8.64. The van der Waals surface area contributed by atoms with Crippen molar-refractivity contribution in [3.8, 4) is 5.75 Å². The molecule has 6 nitrogen and oxygen atoms in total. The molecule has 0 heterocycles. The average molecular weight is 380 g/mol. The minimum absolute atomic E-state index is 0.0234. The van der Waals surface area contributed by atoms with Crippen molar-refractivity contribution in [1.82, 2.24) is 4.72 Å². The van der Waals surface area contributed by atoms with Gasteiger partial charge in [0.1, 0.15) is 11.8 Å². The summed E-state index contributed by atoms with van der Waals surface area (Å²) in [6.45, 7) is 5.54. The number of rotatable bonds is 7. The number of carboxylic acid groups (broad SMARTS) is 1. The fraction of sp³-hybridized carbons (Fsp3) is 0.462. The van der Waals surface area contributed by atoms with E-state index in [1.54, 1.807) is 13.8 Å². The van der Waals surface area contributed by atoms with Gasteiger partial charge in [0.25, 0.3) is 0 Å². The van der Waals surface area contributed by atoms with Gasteiger partial charge in [-0.15, -0.1) is 0 Å². The number of carboxylic acids is 1. The minimum Gasteiger partial charge on any atom is -0.493 e. The highest BCUT2D eigenvalue weighted by Gasteiger charge is 2.28. The Balaban J connectivity index is 3.08. The van der Waals surface area contributed by atoms with Crippen LogP contribution in [-0.2, 0) is 14.8 Å². The average Bonchev–Trinajstić information content (AvgIpc) is 2.38.